The van der Waals surface area contributed by atoms with Crippen LogP contribution in [-0.2, 0) is 11.4 Å². The zero-order valence-electron chi connectivity index (χ0n) is 14.6. The minimum Gasteiger partial charge on any atom is -0.490 e. The second kappa shape index (κ2) is 8.06. The zero-order valence-corrected chi connectivity index (χ0v) is 14.6. The van der Waals surface area contributed by atoms with Crippen molar-refractivity contribution in [2.75, 3.05) is 6.61 Å². The monoisotopic (exact) mass is 363 g/mol. The van der Waals surface area contributed by atoms with Gasteiger partial charge in [-0.25, -0.2) is 4.79 Å². The van der Waals surface area contributed by atoms with Gasteiger partial charge in [0.1, 0.15) is 12.3 Å². The van der Waals surface area contributed by atoms with Crippen molar-refractivity contribution in [3.8, 4) is 17.6 Å². The number of urea groups is 1. The van der Waals surface area contributed by atoms with Crippen molar-refractivity contribution in [2.24, 2.45) is 0 Å². The van der Waals surface area contributed by atoms with Crippen LogP contribution in [0.5, 0.6) is 11.5 Å². The van der Waals surface area contributed by atoms with Crippen molar-refractivity contribution < 1.29 is 19.1 Å². The Hall–Kier alpha value is -3.79. The Kier molecular flexibility index (Phi) is 5.38. The molecule has 0 radical (unpaired) electrons. The molecule has 1 aliphatic heterocycles. The van der Waals surface area contributed by atoms with Crippen molar-refractivity contribution in [3.05, 3.63) is 64.9 Å². The van der Waals surface area contributed by atoms with E-state index in [0.29, 0.717) is 29.2 Å². The van der Waals surface area contributed by atoms with E-state index >= 15 is 0 Å². The number of benzene rings is 2. The van der Waals surface area contributed by atoms with Gasteiger partial charge >= 0.3 is 6.03 Å². The van der Waals surface area contributed by atoms with Crippen LogP contribution in [-0.4, -0.2) is 18.5 Å². The van der Waals surface area contributed by atoms with E-state index in [4.69, 9.17) is 14.7 Å². The van der Waals surface area contributed by atoms with Gasteiger partial charge in [0.05, 0.1) is 18.2 Å². The number of rotatable bonds is 6. The lowest BCUT2D eigenvalue weighted by atomic mass is 10.1. The number of nitrogens with zero attached hydrogens (tertiary/aromatic N) is 1. The summed E-state index contributed by atoms with van der Waals surface area (Å²) in [5.41, 5.74) is 2.17. The molecular formula is C20H17N3O4. The molecule has 1 heterocycles. The van der Waals surface area contributed by atoms with Gasteiger partial charge in [0.15, 0.2) is 11.5 Å². The van der Waals surface area contributed by atoms with Gasteiger partial charge < -0.3 is 14.8 Å². The van der Waals surface area contributed by atoms with E-state index in [-0.39, 0.29) is 12.3 Å². The maximum absolute atomic E-state index is 11.6. The first-order valence-electron chi connectivity index (χ1n) is 8.32. The summed E-state index contributed by atoms with van der Waals surface area (Å²) >= 11 is 0. The largest absolute Gasteiger partial charge is 0.490 e. The minimum absolute atomic E-state index is 0.166. The lowest BCUT2D eigenvalue weighted by Crippen LogP contribution is -2.22. The van der Waals surface area contributed by atoms with Crippen LogP contribution in [0, 0.1) is 11.3 Å². The van der Waals surface area contributed by atoms with Crippen molar-refractivity contribution in [2.45, 2.75) is 13.5 Å². The molecule has 0 unspecified atom stereocenters. The molecule has 7 nitrogen and oxygen atoms in total. The highest BCUT2D eigenvalue weighted by molar-refractivity contribution is 6.14. The molecule has 0 saturated carbocycles. The van der Waals surface area contributed by atoms with Crippen LogP contribution in [0.3, 0.4) is 0 Å². The lowest BCUT2D eigenvalue weighted by molar-refractivity contribution is -0.115. The summed E-state index contributed by atoms with van der Waals surface area (Å²) in [6.45, 7) is 2.51. The summed E-state index contributed by atoms with van der Waals surface area (Å²) in [5, 5.41) is 13.8. The number of imide groups is 1. The van der Waals surface area contributed by atoms with Crippen molar-refractivity contribution >= 4 is 18.0 Å². The number of ether oxygens (including phenoxy) is 2. The van der Waals surface area contributed by atoms with Gasteiger partial charge in [0.2, 0.25) is 0 Å². The Balaban J connectivity index is 1.82. The van der Waals surface area contributed by atoms with Crippen LogP contribution in [0.2, 0.25) is 0 Å². The van der Waals surface area contributed by atoms with Gasteiger partial charge in [-0.3, -0.25) is 10.1 Å². The first kappa shape index (κ1) is 18.0. The van der Waals surface area contributed by atoms with Crippen molar-refractivity contribution in [1.29, 1.82) is 5.26 Å². The molecule has 0 spiro atoms. The maximum atomic E-state index is 11.6. The molecule has 1 saturated heterocycles. The maximum Gasteiger partial charge on any atom is 0.326 e. The van der Waals surface area contributed by atoms with Crippen LogP contribution in [0.25, 0.3) is 6.08 Å². The van der Waals surface area contributed by atoms with Gasteiger partial charge in [-0.2, -0.15) is 5.26 Å². The predicted octanol–water partition coefficient (Wildman–Crippen LogP) is 2.72. The molecule has 3 amide bonds. The number of hydrogen-bond donors (Lipinski definition) is 2. The van der Waals surface area contributed by atoms with Crippen LogP contribution in [0.15, 0.2) is 48.2 Å². The second-order valence-electron chi connectivity index (χ2n) is 5.66. The fraction of sp³-hybridized carbons (Fsp3) is 0.150. The van der Waals surface area contributed by atoms with E-state index < -0.39 is 11.9 Å². The number of nitriles is 1. The van der Waals surface area contributed by atoms with Crippen LogP contribution >= 0.6 is 0 Å². The van der Waals surface area contributed by atoms with E-state index in [2.05, 4.69) is 16.7 Å². The molecule has 0 atom stereocenters. The van der Waals surface area contributed by atoms with Crippen molar-refractivity contribution in [1.82, 2.24) is 10.6 Å². The summed E-state index contributed by atoms with van der Waals surface area (Å²) in [5.74, 6) is 0.545. The average Bonchev–Trinajstić information content (AvgIpc) is 2.98. The van der Waals surface area contributed by atoms with E-state index in [1.54, 1.807) is 36.4 Å². The molecule has 136 valence electrons. The molecule has 2 aromatic carbocycles. The number of carbonyl (C=O) groups is 2. The number of carbonyl (C=O) groups excluding carboxylic acids is 2. The van der Waals surface area contributed by atoms with Gasteiger partial charge in [0, 0.05) is 5.56 Å². The summed E-state index contributed by atoms with van der Waals surface area (Å²) in [6.07, 6.45) is 1.55. The smallest absolute Gasteiger partial charge is 0.326 e. The Bertz CT molecular complexity index is 960. The summed E-state index contributed by atoms with van der Waals surface area (Å²) in [4.78, 5) is 22.8. The van der Waals surface area contributed by atoms with Gasteiger partial charge in [0.25, 0.3) is 5.91 Å². The van der Waals surface area contributed by atoms with E-state index in [0.717, 1.165) is 5.56 Å². The highest BCUT2D eigenvalue weighted by Gasteiger charge is 2.22. The summed E-state index contributed by atoms with van der Waals surface area (Å²) in [7, 11) is 0. The molecule has 0 aromatic heterocycles. The predicted molar refractivity (Wildman–Crippen MR) is 97.8 cm³/mol. The van der Waals surface area contributed by atoms with Crippen molar-refractivity contribution in [3.63, 3.8) is 0 Å². The number of nitrogens with one attached hydrogen (secondary N) is 2. The first-order chi connectivity index (χ1) is 13.1. The number of amides is 3. The molecule has 1 aliphatic rings. The van der Waals surface area contributed by atoms with E-state index in [1.807, 2.05) is 19.1 Å². The molecule has 0 bridgehead atoms. The fourth-order valence-corrected chi connectivity index (χ4v) is 2.56. The molecule has 3 rings (SSSR count). The van der Waals surface area contributed by atoms with Gasteiger partial charge in [-0.05, 0) is 36.8 Å². The Morgan fingerprint density at radius 1 is 1.07 bits per heavy atom. The van der Waals surface area contributed by atoms with Crippen LogP contribution in [0.4, 0.5) is 4.79 Å². The third kappa shape index (κ3) is 4.25. The third-order valence-electron chi connectivity index (χ3n) is 3.82. The summed E-state index contributed by atoms with van der Waals surface area (Å²) < 4.78 is 11.5. The van der Waals surface area contributed by atoms with Gasteiger partial charge in [-0.1, -0.05) is 24.3 Å². The Morgan fingerprint density at radius 3 is 2.59 bits per heavy atom. The quantitative estimate of drug-likeness (QED) is 0.607. The van der Waals surface area contributed by atoms with Crippen LogP contribution < -0.4 is 20.1 Å². The third-order valence-corrected chi connectivity index (χ3v) is 3.82. The Labute approximate surface area is 156 Å². The van der Waals surface area contributed by atoms with Gasteiger partial charge in [-0.15, -0.1) is 0 Å². The summed E-state index contributed by atoms with van der Waals surface area (Å²) in [6, 6.07) is 14.0. The normalized spacial score (nSPS) is 14.4. The lowest BCUT2D eigenvalue weighted by Gasteiger charge is -2.13. The minimum atomic E-state index is -0.549. The highest BCUT2D eigenvalue weighted by Crippen LogP contribution is 2.30. The Morgan fingerprint density at radius 2 is 1.89 bits per heavy atom. The molecular weight excluding hydrogens is 346 g/mol. The van der Waals surface area contributed by atoms with Crippen LogP contribution in [0.1, 0.15) is 23.6 Å². The second-order valence-corrected chi connectivity index (χ2v) is 5.66. The van der Waals surface area contributed by atoms with E-state index in [9.17, 15) is 9.59 Å². The zero-order chi connectivity index (χ0) is 19.2. The molecule has 2 N–H and O–H groups in total. The SMILES string of the molecule is CCOc1cc(C=C2NC(=O)NC2=O)ccc1OCc1ccccc1C#N. The number of hydrogen-bond acceptors (Lipinski definition) is 5. The fourth-order valence-electron chi connectivity index (χ4n) is 2.56. The first-order valence-corrected chi connectivity index (χ1v) is 8.32. The molecule has 2 aromatic rings. The standard InChI is InChI=1S/C20H17N3O4/c1-2-26-18-10-13(9-16-19(24)23-20(25)22-16)7-8-17(18)27-12-15-6-4-3-5-14(15)11-21/h3-10H,2,12H2,1H3,(H2,22,23,24,25). The molecule has 0 aliphatic carbocycles. The molecule has 1 fully saturated rings. The molecule has 7 heteroatoms. The topological polar surface area (TPSA) is 100 Å². The average molecular weight is 363 g/mol. The highest BCUT2D eigenvalue weighted by atomic mass is 16.5. The van der Waals surface area contributed by atoms with E-state index in [1.165, 1.54) is 0 Å². The molecule has 27 heavy (non-hydrogen) atoms.